The molecule has 0 aliphatic carbocycles. The predicted octanol–water partition coefficient (Wildman–Crippen LogP) is 4.29. The Labute approximate surface area is 138 Å². The van der Waals surface area contributed by atoms with Crippen LogP contribution < -0.4 is 11.1 Å². The van der Waals surface area contributed by atoms with Gasteiger partial charge >= 0.3 is 0 Å². The van der Waals surface area contributed by atoms with E-state index in [1.165, 1.54) is 12.1 Å². The van der Waals surface area contributed by atoms with Crippen molar-refractivity contribution in [3.63, 3.8) is 0 Å². The van der Waals surface area contributed by atoms with Crippen LogP contribution in [0.4, 0.5) is 5.69 Å². The van der Waals surface area contributed by atoms with Gasteiger partial charge in [-0.1, -0.05) is 59.1 Å². The summed E-state index contributed by atoms with van der Waals surface area (Å²) in [4.78, 5) is 12.1. The van der Waals surface area contributed by atoms with E-state index in [9.17, 15) is 4.79 Å². The Morgan fingerprint density at radius 1 is 1.05 bits per heavy atom. The summed E-state index contributed by atoms with van der Waals surface area (Å²) in [5.74, 6) is -0.220. The van der Waals surface area contributed by atoms with Gasteiger partial charge in [-0.2, -0.15) is 0 Å². The maximum Gasteiger partial charge on any atom is 0.228 e. The third-order valence-corrected chi connectivity index (χ3v) is 3.78. The minimum atomic E-state index is -0.220. The number of amides is 1. The fourth-order valence-electron chi connectivity index (χ4n) is 1.95. The quantitative estimate of drug-likeness (QED) is 0.870. The van der Waals surface area contributed by atoms with E-state index in [-0.39, 0.29) is 12.3 Å². The van der Waals surface area contributed by atoms with Crippen molar-refractivity contribution < 1.29 is 4.79 Å². The van der Waals surface area contributed by atoms with Gasteiger partial charge in [0.15, 0.2) is 0 Å². The fraction of sp³-hybridized carbons (Fsp3) is 0.133. The lowest BCUT2D eigenvalue weighted by atomic mass is 10.0. The molecule has 21 heavy (non-hydrogen) atoms. The van der Waals surface area contributed by atoms with Crippen LogP contribution in [0.2, 0.25) is 15.1 Å². The van der Waals surface area contributed by atoms with Crippen LogP contribution in [0.5, 0.6) is 0 Å². The number of carbonyl (C=O) groups excluding carboxylic acids is 1. The molecule has 0 unspecified atom stereocenters. The number of hydrogen-bond donors (Lipinski definition) is 2. The second kappa shape index (κ2) is 7.14. The Hall–Kier alpha value is -1.26. The number of hydrogen-bond acceptors (Lipinski definition) is 2. The number of halogens is 3. The molecule has 0 saturated carbocycles. The van der Waals surface area contributed by atoms with E-state index < -0.39 is 0 Å². The summed E-state index contributed by atoms with van der Waals surface area (Å²) in [5.41, 5.74) is 7.82. The van der Waals surface area contributed by atoms with Gasteiger partial charge in [-0.25, -0.2) is 0 Å². The predicted molar refractivity (Wildman–Crippen MR) is 88.1 cm³/mol. The highest BCUT2D eigenvalue weighted by molar-refractivity contribution is 6.42. The standard InChI is InChI=1S/C15H13Cl3N2O/c16-11-6-12(17)15(13(18)7-11)20-14(21)5-9-3-1-2-4-10(9)8-19/h1-4,6-7H,5,8,19H2,(H,20,21). The van der Waals surface area contributed by atoms with Crippen molar-refractivity contribution in [2.24, 2.45) is 5.73 Å². The van der Waals surface area contributed by atoms with Crippen LogP contribution in [-0.4, -0.2) is 5.91 Å². The van der Waals surface area contributed by atoms with Crippen LogP contribution in [-0.2, 0) is 17.8 Å². The van der Waals surface area contributed by atoms with Crippen LogP contribution in [0.15, 0.2) is 36.4 Å². The zero-order valence-electron chi connectivity index (χ0n) is 11.0. The molecule has 2 aromatic carbocycles. The van der Waals surface area contributed by atoms with Gasteiger partial charge in [0.25, 0.3) is 0 Å². The van der Waals surface area contributed by atoms with Gasteiger partial charge < -0.3 is 11.1 Å². The van der Waals surface area contributed by atoms with Crippen molar-refractivity contribution in [2.75, 3.05) is 5.32 Å². The van der Waals surface area contributed by atoms with E-state index >= 15 is 0 Å². The molecule has 3 N–H and O–H groups in total. The Morgan fingerprint density at radius 3 is 2.19 bits per heavy atom. The molecule has 1 amide bonds. The summed E-state index contributed by atoms with van der Waals surface area (Å²) in [6.45, 7) is 0.381. The summed E-state index contributed by atoms with van der Waals surface area (Å²) >= 11 is 17.9. The average molecular weight is 344 g/mol. The first-order chi connectivity index (χ1) is 10.0. The molecule has 3 nitrogen and oxygen atoms in total. The summed E-state index contributed by atoms with van der Waals surface area (Å²) in [6.07, 6.45) is 0.197. The van der Waals surface area contributed by atoms with E-state index in [2.05, 4.69) is 5.32 Å². The molecule has 0 aromatic heterocycles. The summed E-state index contributed by atoms with van der Waals surface area (Å²) < 4.78 is 0. The molecular formula is C15H13Cl3N2O. The molecule has 0 aliphatic rings. The Bertz CT molecular complexity index is 651. The van der Waals surface area contributed by atoms with Crippen LogP contribution in [0, 0.1) is 0 Å². The first kappa shape index (κ1) is 16.1. The Kier molecular flexibility index (Phi) is 5.48. The SMILES string of the molecule is NCc1ccccc1CC(=O)Nc1c(Cl)cc(Cl)cc1Cl. The molecule has 0 radical (unpaired) electrons. The summed E-state index contributed by atoms with van der Waals surface area (Å²) in [7, 11) is 0. The number of anilines is 1. The molecule has 0 aliphatic heterocycles. The van der Waals surface area contributed by atoms with Gasteiger partial charge in [-0.05, 0) is 23.3 Å². The third kappa shape index (κ3) is 4.11. The van der Waals surface area contributed by atoms with Crippen LogP contribution in [0.3, 0.4) is 0 Å². The first-order valence-electron chi connectivity index (χ1n) is 6.22. The van der Waals surface area contributed by atoms with E-state index in [1.807, 2.05) is 24.3 Å². The highest BCUT2D eigenvalue weighted by atomic mass is 35.5. The Morgan fingerprint density at radius 2 is 1.62 bits per heavy atom. The van der Waals surface area contributed by atoms with Crippen LogP contribution in [0.1, 0.15) is 11.1 Å². The lowest BCUT2D eigenvalue weighted by Gasteiger charge is -2.11. The van der Waals surface area contributed by atoms with Crippen molar-refractivity contribution >= 4 is 46.4 Å². The van der Waals surface area contributed by atoms with Crippen molar-refractivity contribution in [3.8, 4) is 0 Å². The van der Waals surface area contributed by atoms with Gasteiger partial charge in [-0.3, -0.25) is 4.79 Å². The van der Waals surface area contributed by atoms with Gasteiger partial charge in [-0.15, -0.1) is 0 Å². The first-order valence-corrected chi connectivity index (χ1v) is 7.36. The molecule has 0 saturated heterocycles. The molecule has 2 aromatic rings. The number of benzene rings is 2. The summed E-state index contributed by atoms with van der Waals surface area (Å²) in [5, 5.41) is 3.71. The fourth-order valence-corrected chi connectivity index (χ4v) is 2.86. The van der Waals surface area contributed by atoms with Crippen molar-refractivity contribution in [1.29, 1.82) is 0 Å². The minimum absolute atomic E-state index is 0.197. The monoisotopic (exact) mass is 342 g/mol. The lowest BCUT2D eigenvalue weighted by molar-refractivity contribution is -0.115. The molecule has 0 fully saturated rings. The summed E-state index contributed by atoms with van der Waals surface area (Å²) in [6, 6.07) is 10.6. The second-order valence-electron chi connectivity index (χ2n) is 4.44. The van der Waals surface area contributed by atoms with Crippen molar-refractivity contribution in [1.82, 2.24) is 0 Å². The molecule has 0 atom stereocenters. The van der Waals surface area contributed by atoms with Crippen molar-refractivity contribution in [2.45, 2.75) is 13.0 Å². The third-order valence-electron chi connectivity index (χ3n) is 2.96. The maximum atomic E-state index is 12.1. The molecule has 0 heterocycles. The van der Waals surface area contributed by atoms with Gasteiger partial charge in [0.05, 0.1) is 22.2 Å². The zero-order valence-corrected chi connectivity index (χ0v) is 13.3. The molecule has 0 spiro atoms. The number of rotatable bonds is 4. The highest BCUT2D eigenvalue weighted by Crippen LogP contribution is 2.33. The maximum absolute atomic E-state index is 12.1. The van der Waals surface area contributed by atoms with E-state index in [4.69, 9.17) is 40.5 Å². The van der Waals surface area contributed by atoms with Gasteiger partial charge in [0.2, 0.25) is 5.91 Å². The van der Waals surface area contributed by atoms with E-state index in [1.54, 1.807) is 0 Å². The van der Waals surface area contributed by atoms with E-state index in [0.29, 0.717) is 27.3 Å². The lowest BCUT2D eigenvalue weighted by Crippen LogP contribution is -2.16. The second-order valence-corrected chi connectivity index (χ2v) is 5.69. The number of carbonyl (C=O) groups is 1. The average Bonchev–Trinajstić information content (AvgIpc) is 2.43. The van der Waals surface area contributed by atoms with Gasteiger partial charge in [0, 0.05) is 11.6 Å². The topological polar surface area (TPSA) is 55.1 Å². The van der Waals surface area contributed by atoms with Crippen LogP contribution in [0.25, 0.3) is 0 Å². The molecule has 2 rings (SSSR count). The number of nitrogens with two attached hydrogens (primary N) is 1. The molecular weight excluding hydrogens is 331 g/mol. The largest absolute Gasteiger partial charge is 0.326 e. The molecule has 110 valence electrons. The highest BCUT2D eigenvalue weighted by Gasteiger charge is 2.12. The van der Waals surface area contributed by atoms with E-state index in [0.717, 1.165) is 11.1 Å². The minimum Gasteiger partial charge on any atom is -0.326 e. The normalized spacial score (nSPS) is 10.5. The zero-order chi connectivity index (χ0) is 15.4. The molecule has 0 bridgehead atoms. The van der Waals surface area contributed by atoms with Crippen LogP contribution >= 0.6 is 34.8 Å². The molecule has 6 heteroatoms. The van der Waals surface area contributed by atoms with Crippen molar-refractivity contribution in [3.05, 3.63) is 62.6 Å². The Balaban J connectivity index is 2.16. The number of nitrogens with one attached hydrogen (secondary N) is 1. The smallest absolute Gasteiger partial charge is 0.228 e. The van der Waals surface area contributed by atoms with Gasteiger partial charge in [0.1, 0.15) is 0 Å².